The van der Waals surface area contributed by atoms with Crippen LogP contribution in [0.15, 0.2) is 0 Å². The van der Waals surface area contributed by atoms with Gasteiger partial charge >= 0.3 is 0 Å². The maximum Gasteiger partial charge on any atom is 0.237 e. The Labute approximate surface area is 95.8 Å². The highest BCUT2D eigenvalue weighted by Gasteiger charge is 2.18. The first-order valence-corrected chi connectivity index (χ1v) is 6.52. The number of carbonyl (C=O) groups is 1. The van der Waals surface area contributed by atoms with Gasteiger partial charge in [0.25, 0.3) is 0 Å². The molecule has 1 heterocycles. The van der Waals surface area contributed by atoms with Gasteiger partial charge in [-0.05, 0) is 19.3 Å². The molecule has 0 aromatic heterocycles. The topological polar surface area (TPSA) is 41.1 Å². The summed E-state index contributed by atoms with van der Waals surface area (Å²) in [6.07, 6.45) is 8.30. The average Bonchev–Trinajstić information content (AvgIpc) is 2.44. The fraction of sp³-hybridized carbons (Fsp3) is 0.727. The van der Waals surface area contributed by atoms with E-state index in [1.54, 1.807) is 11.8 Å². The van der Waals surface area contributed by atoms with E-state index in [9.17, 15) is 4.79 Å². The van der Waals surface area contributed by atoms with E-state index in [4.69, 9.17) is 6.42 Å². The molecule has 84 valence electrons. The van der Waals surface area contributed by atoms with Crippen molar-refractivity contribution in [2.75, 3.05) is 24.6 Å². The molecule has 0 aliphatic carbocycles. The van der Waals surface area contributed by atoms with E-state index in [1.807, 2.05) is 0 Å². The van der Waals surface area contributed by atoms with Crippen molar-refractivity contribution in [3.05, 3.63) is 0 Å². The Bertz CT molecular complexity index is 237. The van der Waals surface area contributed by atoms with Crippen LogP contribution in [0.4, 0.5) is 0 Å². The Morgan fingerprint density at radius 2 is 2.47 bits per heavy atom. The number of thioether (sulfide) groups is 1. The zero-order valence-corrected chi connectivity index (χ0v) is 9.74. The Morgan fingerprint density at radius 3 is 3.27 bits per heavy atom. The highest BCUT2D eigenvalue weighted by atomic mass is 32.2. The molecular formula is C11H18N2OS. The molecule has 1 saturated heterocycles. The van der Waals surface area contributed by atoms with Crippen LogP contribution in [0.3, 0.4) is 0 Å². The lowest BCUT2D eigenvalue weighted by molar-refractivity contribution is -0.122. The fourth-order valence-corrected chi connectivity index (χ4v) is 2.09. The molecule has 3 nitrogen and oxygen atoms in total. The third-order valence-corrected chi connectivity index (χ3v) is 3.22. The lowest BCUT2D eigenvalue weighted by atomic mass is 10.1. The first kappa shape index (κ1) is 12.4. The van der Waals surface area contributed by atoms with Crippen molar-refractivity contribution in [2.45, 2.75) is 25.3 Å². The van der Waals surface area contributed by atoms with Crippen LogP contribution in [0.1, 0.15) is 19.3 Å². The van der Waals surface area contributed by atoms with E-state index in [0.717, 1.165) is 43.9 Å². The number of nitrogens with one attached hydrogen (secondary N) is 2. The van der Waals surface area contributed by atoms with Crippen LogP contribution in [0.2, 0.25) is 0 Å². The Morgan fingerprint density at radius 1 is 1.60 bits per heavy atom. The summed E-state index contributed by atoms with van der Waals surface area (Å²) in [5.74, 6) is 4.44. The minimum absolute atomic E-state index is 0.000985. The number of carbonyl (C=O) groups excluding carboxylic acids is 1. The van der Waals surface area contributed by atoms with Gasteiger partial charge in [0, 0.05) is 18.8 Å². The van der Waals surface area contributed by atoms with Crippen LogP contribution >= 0.6 is 11.8 Å². The fourth-order valence-electron chi connectivity index (χ4n) is 1.57. The lowest BCUT2D eigenvalue weighted by Crippen LogP contribution is -2.43. The van der Waals surface area contributed by atoms with Crippen LogP contribution in [0.25, 0.3) is 0 Å². The quantitative estimate of drug-likeness (QED) is 0.533. The van der Waals surface area contributed by atoms with E-state index < -0.39 is 0 Å². The predicted molar refractivity (Wildman–Crippen MR) is 64.8 cm³/mol. The van der Waals surface area contributed by atoms with Crippen molar-refractivity contribution in [3.63, 3.8) is 0 Å². The van der Waals surface area contributed by atoms with Gasteiger partial charge in [0.2, 0.25) is 5.91 Å². The van der Waals surface area contributed by atoms with Gasteiger partial charge in [-0.3, -0.25) is 4.79 Å². The summed E-state index contributed by atoms with van der Waals surface area (Å²) < 4.78 is 0. The van der Waals surface area contributed by atoms with Crippen molar-refractivity contribution < 1.29 is 4.79 Å². The second kappa shape index (κ2) is 7.61. The molecule has 1 amide bonds. The average molecular weight is 226 g/mol. The molecule has 0 spiro atoms. The van der Waals surface area contributed by atoms with E-state index in [2.05, 4.69) is 16.6 Å². The summed E-state index contributed by atoms with van der Waals surface area (Å²) in [6, 6.07) is -0.000985. The normalized spacial score (nSPS) is 21.5. The van der Waals surface area contributed by atoms with Crippen LogP contribution in [-0.4, -0.2) is 36.5 Å². The van der Waals surface area contributed by atoms with Gasteiger partial charge in [0.05, 0.1) is 11.8 Å². The summed E-state index contributed by atoms with van der Waals surface area (Å²) in [5.41, 5.74) is 0. The van der Waals surface area contributed by atoms with Crippen molar-refractivity contribution in [3.8, 4) is 12.3 Å². The van der Waals surface area contributed by atoms with Gasteiger partial charge in [-0.2, -0.15) is 0 Å². The molecule has 1 aliphatic rings. The summed E-state index contributed by atoms with van der Waals surface area (Å²) in [6.45, 7) is 1.67. The van der Waals surface area contributed by atoms with E-state index in [1.165, 1.54) is 0 Å². The Balaban J connectivity index is 2.13. The predicted octanol–water partition coefficient (Wildman–Crippen LogP) is 0.611. The molecule has 1 fully saturated rings. The lowest BCUT2D eigenvalue weighted by Gasteiger charge is -2.14. The van der Waals surface area contributed by atoms with Crippen molar-refractivity contribution in [1.29, 1.82) is 0 Å². The molecule has 1 unspecified atom stereocenters. The standard InChI is InChI=1S/C11H18N2OS/c1-2-8-15-9-7-12-10-5-3-4-6-13-11(10)14/h1,10,12H,3-9H2,(H,13,14). The minimum Gasteiger partial charge on any atom is -0.355 e. The monoisotopic (exact) mass is 226 g/mol. The van der Waals surface area contributed by atoms with E-state index in [0.29, 0.717) is 0 Å². The van der Waals surface area contributed by atoms with Crippen LogP contribution in [-0.2, 0) is 4.79 Å². The molecular weight excluding hydrogens is 208 g/mol. The maximum absolute atomic E-state index is 11.5. The molecule has 4 heteroatoms. The van der Waals surface area contributed by atoms with Crippen LogP contribution in [0, 0.1) is 12.3 Å². The summed E-state index contributed by atoms with van der Waals surface area (Å²) in [7, 11) is 0. The number of hydrogen-bond acceptors (Lipinski definition) is 3. The summed E-state index contributed by atoms with van der Waals surface area (Å²) >= 11 is 1.72. The second-order valence-corrected chi connectivity index (χ2v) is 4.66. The first-order valence-electron chi connectivity index (χ1n) is 5.37. The summed E-state index contributed by atoms with van der Waals surface area (Å²) in [4.78, 5) is 11.5. The van der Waals surface area contributed by atoms with Gasteiger partial charge in [-0.1, -0.05) is 5.92 Å². The van der Waals surface area contributed by atoms with Gasteiger partial charge < -0.3 is 10.6 Å². The Kier molecular flexibility index (Phi) is 6.29. The molecule has 1 rings (SSSR count). The number of rotatable bonds is 5. The second-order valence-electron chi connectivity index (χ2n) is 3.55. The number of hydrogen-bond donors (Lipinski definition) is 2. The smallest absolute Gasteiger partial charge is 0.237 e. The molecule has 0 radical (unpaired) electrons. The van der Waals surface area contributed by atoms with E-state index in [-0.39, 0.29) is 11.9 Å². The van der Waals surface area contributed by atoms with Crippen molar-refractivity contribution in [1.82, 2.24) is 10.6 Å². The molecule has 0 saturated carbocycles. The molecule has 0 aromatic rings. The minimum atomic E-state index is -0.000985. The van der Waals surface area contributed by atoms with Crippen molar-refractivity contribution in [2.24, 2.45) is 0 Å². The highest BCUT2D eigenvalue weighted by molar-refractivity contribution is 7.99. The van der Waals surface area contributed by atoms with Crippen LogP contribution in [0.5, 0.6) is 0 Å². The Hall–Kier alpha value is -0.660. The largest absolute Gasteiger partial charge is 0.355 e. The van der Waals surface area contributed by atoms with Gasteiger partial charge in [-0.25, -0.2) is 0 Å². The zero-order valence-electron chi connectivity index (χ0n) is 8.92. The highest BCUT2D eigenvalue weighted by Crippen LogP contribution is 2.05. The SMILES string of the molecule is C#CCSCCNC1CCCCNC1=O. The third-order valence-electron chi connectivity index (χ3n) is 2.36. The van der Waals surface area contributed by atoms with Gasteiger partial charge in [0.15, 0.2) is 0 Å². The van der Waals surface area contributed by atoms with Crippen LogP contribution < -0.4 is 10.6 Å². The molecule has 1 aliphatic heterocycles. The molecule has 1 atom stereocenters. The van der Waals surface area contributed by atoms with E-state index >= 15 is 0 Å². The third kappa shape index (κ3) is 5.10. The van der Waals surface area contributed by atoms with Gasteiger partial charge in [0.1, 0.15) is 0 Å². The number of terminal acetylenes is 1. The molecule has 2 N–H and O–H groups in total. The van der Waals surface area contributed by atoms with Gasteiger partial charge in [-0.15, -0.1) is 18.2 Å². The molecule has 0 aromatic carbocycles. The first-order chi connectivity index (χ1) is 7.34. The number of amides is 1. The van der Waals surface area contributed by atoms with Crippen molar-refractivity contribution >= 4 is 17.7 Å². The maximum atomic E-state index is 11.5. The zero-order chi connectivity index (χ0) is 10.9. The molecule has 15 heavy (non-hydrogen) atoms. The molecule has 0 bridgehead atoms. The summed E-state index contributed by atoms with van der Waals surface area (Å²) in [5, 5.41) is 6.17.